The summed E-state index contributed by atoms with van der Waals surface area (Å²) in [4.78, 5) is 12.4. The summed E-state index contributed by atoms with van der Waals surface area (Å²) in [5.41, 5.74) is 2.64. The number of hydrogen-bond acceptors (Lipinski definition) is 6. The molecule has 2 fully saturated rings. The summed E-state index contributed by atoms with van der Waals surface area (Å²) in [7, 11) is 0. The van der Waals surface area contributed by atoms with E-state index in [1.807, 2.05) is 12.1 Å². The number of ketones is 1. The van der Waals surface area contributed by atoms with Gasteiger partial charge in [0.05, 0.1) is 0 Å². The molecule has 0 bridgehead atoms. The Hall–Kier alpha value is -0.0800. The van der Waals surface area contributed by atoms with Gasteiger partial charge in [0, 0.05) is 11.8 Å². The van der Waals surface area contributed by atoms with Crippen molar-refractivity contribution in [1.82, 2.24) is 0 Å². The van der Waals surface area contributed by atoms with Gasteiger partial charge in [-0.2, -0.15) is 0 Å². The number of carbonyl (C=O) groups is 1. The van der Waals surface area contributed by atoms with E-state index >= 15 is 0 Å². The van der Waals surface area contributed by atoms with E-state index in [0.717, 1.165) is 38.5 Å². The Morgan fingerprint density at radius 3 is 2.88 bits per heavy atom. The molecule has 4 unspecified atom stereocenters. The number of fused-ring (bicyclic) bond motifs is 5. The summed E-state index contributed by atoms with van der Waals surface area (Å²) in [6.45, 7) is 2.20. The molecular formula is C18H21NaO5S. The molecule has 25 heavy (non-hydrogen) atoms. The van der Waals surface area contributed by atoms with E-state index in [4.69, 9.17) is 4.18 Å². The monoisotopic (exact) mass is 372 g/mol. The third-order valence-corrected chi connectivity index (χ3v) is 6.96. The molecule has 0 radical (unpaired) electrons. The van der Waals surface area contributed by atoms with E-state index in [9.17, 15) is 10.1 Å². The van der Waals surface area contributed by atoms with Crippen molar-refractivity contribution in [1.29, 1.82) is 0 Å². The molecule has 5 nitrogen and oxygen atoms in total. The maximum Gasteiger partial charge on any atom is 1.00 e. The van der Waals surface area contributed by atoms with Crippen molar-refractivity contribution >= 4 is 18.1 Å². The van der Waals surface area contributed by atoms with Gasteiger partial charge in [0.25, 0.3) is 12.3 Å². The van der Waals surface area contributed by atoms with E-state index in [0.29, 0.717) is 41.6 Å². The molecule has 0 saturated heterocycles. The minimum atomic E-state index is -0.0754. The molecule has 0 aliphatic heterocycles. The Balaban J connectivity index is 0.00000182. The van der Waals surface area contributed by atoms with Crippen LogP contribution in [0.4, 0.5) is 0 Å². The molecule has 1 aromatic carbocycles. The van der Waals surface area contributed by atoms with Crippen molar-refractivity contribution in [3.63, 3.8) is 0 Å². The fourth-order valence-corrected chi connectivity index (χ4v) is 5.68. The van der Waals surface area contributed by atoms with Gasteiger partial charge in [-0.05, 0) is 73.1 Å². The summed E-state index contributed by atoms with van der Waals surface area (Å²) in [5, 5.41) is 13.1. The van der Waals surface area contributed by atoms with Crippen LogP contribution in [0.1, 0.15) is 56.1 Å². The topological polar surface area (TPSA) is 67.8 Å². The number of hydrogen-bond donors (Lipinski definition) is 0. The van der Waals surface area contributed by atoms with Gasteiger partial charge in [-0.3, -0.25) is 9.83 Å². The molecule has 7 heteroatoms. The number of Topliss-reactive ketones (excluding diaryl/α,β-unsaturated/α-hetero) is 1. The maximum atomic E-state index is 12.4. The SMILES string of the molecule is CC12CCC3c4ccc(OSOO[O-])cc4CCC3C1CCC2=O.[Na+]. The van der Waals surface area contributed by atoms with E-state index in [1.54, 1.807) is 0 Å². The van der Waals surface area contributed by atoms with Crippen LogP contribution in [0.2, 0.25) is 0 Å². The summed E-state index contributed by atoms with van der Waals surface area (Å²) in [6, 6.07) is 6.08. The summed E-state index contributed by atoms with van der Waals surface area (Å²) < 4.78 is 9.42. The van der Waals surface area contributed by atoms with Gasteiger partial charge < -0.3 is 9.44 Å². The van der Waals surface area contributed by atoms with Gasteiger partial charge in [0.2, 0.25) is 0 Å². The van der Waals surface area contributed by atoms with Crippen LogP contribution < -0.4 is 39.0 Å². The maximum absolute atomic E-state index is 12.4. The predicted molar refractivity (Wildman–Crippen MR) is 86.5 cm³/mol. The van der Waals surface area contributed by atoms with Crippen LogP contribution in [0.15, 0.2) is 18.2 Å². The first kappa shape index (κ1) is 19.7. The smallest absolute Gasteiger partial charge is 0.691 e. The normalized spacial score (nSPS) is 33.0. The molecule has 0 aromatic heterocycles. The molecule has 2 saturated carbocycles. The molecule has 4 atom stereocenters. The van der Waals surface area contributed by atoms with Gasteiger partial charge in [-0.1, -0.05) is 13.0 Å². The van der Waals surface area contributed by atoms with E-state index in [1.165, 1.54) is 11.1 Å². The third kappa shape index (κ3) is 3.43. The van der Waals surface area contributed by atoms with Gasteiger partial charge in [-0.25, -0.2) is 0 Å². The van der Waals surface area contributed by atoms with Gasteiger partial charge in [-0.15, -0.1) is 4.33 Å². The minimum Gasteiger partial charge on any atom is -0.691 e. The Morgan fingerprint density at radius 1 is 1.24 bits per heavy atom. The Kier molecular flexibility index (Phi) is 6.21. The van der Waals surface area contributed by atoms with E-state index in [-0.39, 0.29) is 35.0 Å². The minimum absolute atomic E-state index is 0. The second kappa shape index (κ2) is 7.89. The zero-order chi connectivity index (χ0) is 16.7. The first-order valence-electron chi connectivity index (χ1n) is 8.59. The summed E-state index contributed by atoms with van der Waals surface area (Å²) in [6.07, 6.45) is 6.09. The van der Waals surface area contributed by atoms with Crippen LogP contribution in [0.25, 0.3) is 0 Å². The summed E-state index contributed by atoms with van der Waals surface area (Å²) in [5.74, 6) is 2.87. The van der Waals surface area contributed by atoms with Crippen LogP contribution >= 0.6 is 12.3 Å². The largest absolute Gasteiger partial charge is 1.00 e. The van der Waals surface area contributed by atoms with Crippen LogP contribution in [0, 0.1) is 17.3 Å². The van der Waals surface area contributed by atoms with Crippen LogP contribution in [0.5, 0.6) is 5.75 Å². The summed E-state index contributed by atoms with van der Waals surface area (Å²) >= 11 is 0.520. The Labute approximate surface area is 174 Å². The first-order chi connectivity index (χ1) is 11.6. The number of aryl methyl sites for hydroxylation is 1. The fraction of sp³-hybridized carbons (Fsp3) is 0.611. The van der Waals surface area contributed by atoms with Gasteiger partial charge in [0.15, 0.2) is 0 Å². The van der Waals surface area contributed by atoms with Crippen LogP contribution in [-0.2, 0) is 20.6 Å². The quantitative estimate of drug-likeness (QED) is 0.249. The number of rotatable bonds is 4. The number of carbonyl (C=O) groups excluding carboxylic acids is 1. The van der Waals surface area contributed by atoms with Crippen molar-refractivity contribution in [2.24, 2.45) is 17.3 Å². The first-order valence-corrected chi connectivity index (χ1v) is 9.26. The van der Waals surface area contributed by atoms with E-state index in [2.05, 4.69) is 22.4 Å². The van der Waals surface area contributed by atoms with Crippen molar-refractivity contribution in [3.8, 4) is 5.75 Å². The van der Waals surface area contributed by atoms with Crippen molar-refractivity contribution < 1.29 is 53.2 Å². The van der Waals surface area contributed by atoms with Crippen molar-refractivity contribution in [3.05, 3.63) is 29.3 Å². The molecule has 130 valence electrons. The molecule has 3 aliphatic rings. The Morgan fingerprint density at radius 2 is 2.08 bits per heavy atom. The zero-order valence-electron chi connectivity index (χ0n) is 14.7. The van der Waals surface area contributed by atoms with Crippen molar-refractivity contribution in [2.45, 2.75) is 51.4 Å². The standard InChI is InChI=1S/C18H22O5S.Na/c1-18-9-8-14-13-5-3-12(21-24-23-22-20)10-11(13)2-4-15(14)16(18)6-7-17(18)19;/h3,5,10,14-16,20H,2,4,6-9H2,1H3;/q;+1/p-1. The molecule has 0 amide bonds. The number of benzene rings is 1. The zero-order valence-corrected chi connectivity index (χ0v) is 17.5. The molecule has 3 aliphatic carbocycles. The fourth-order valence-electron chi connectivity index (χ4n) is 5.45. The molecule has 1 aromatic rings. The van der Waals surface area contributed by atoms with Crippen LogP contribution in [0.3, 0.4) is 0 Å². The van der Waals surface area contributed by atoms with Crippen LogP contribution in [-0.4, -0.2) is 5.78 Å². The average Bonchev–Trinajstić information content (AvgIpc) is 2.90. The van der Waals surface area contributed by atoms with Gasteiger partial charge in [0.1, 0.15) is 11.5 Å². The van der Waals surface area contributed by atoms with Crippen molar-refractivity contribution in [2.75, 3.05) is 0 Å². The predicted octanol–water partition coefficient (Wildman–Crippen LogP) is 0.281. The second-order valence-corrected chi connectivity index (χ2v) is 7.92. The molecule has 4 rings (SSSR count). The molecule has 0 spiro atoms. The average molecular weight is 372 g/mol. The van der Waals surface area contributed by atoms with Gasteiger partial charge >= 0.3 is 29.6 Å². The molecule has 0 N–H and O–H groups in total. The molecular weight excluding hydrogens is 351 g/mol. The second-order valence-electron chi connectivity index (χ2n) is 7.48. The third-order valence-electron chi connectivity index (χ3n) is 6.59. The molecule has 0 heterocycles. The van der Waals surface area contributed by atoms with E-state index < -0.39 is 0 Å². The Bertz CT molecular complexity index is 654.